The van der Waals surface area contributed by atoms with E-state index in [0.29, 0.717) is 18.0 Å². The van der Waals surface area contributed by atoms with Crippen LogP contribution in [0, 0.1) is 0 Å². The standard InChI is InChI=1S/C20H21N7/c21-15-3-5-16(6-4-15)25-20-24-12-18-17(7-9-27(18)26-20)14-10-13-2-1-8-22-19(13)23-11-14/h1-2,7-12,15-16H,3-6,21H2,(H,25,26). The van der Waals surface area contributed by atoms with Gasteiger partial charge in [-0.05, 0) is 49.9 Å². The number of anilines is 1. The van der Waals surface area contributed by atoms with Gasteiger partial charge in [-0.2, -0.15) is 0 Å². The summed E-state index contributed by atoms with van der Waals surface area (Å²) in [5, 5.41) is 9.09. The van der Waals surface area contributed by atoms with Crippen LogP contribution in [-0.2, 0) is 0 Å². The van der Waals surface area contributed by atoms with Crippen LogP contribution < -0.4 is 11.1 Å². The molecule has 4 heterocycles. The van der Waals surface area contributed by atoms with Crippen molar-refractivity contribution in [3.8, 4) is 11.1 Å². The van der Waals surface area contributed by atoms with Gasteiger partial charge in [0.25, 0.3) is 0 Å². The largest absolute Gasteiger partial charge is 0.350 e. The van der Waals surface area contributed by atoms with Crippen LogP contribution in [0.25, 0.3) is 27.7 Å². The Morgan fingerprint density at radius 2 is 1.93 bits per heavy atom. The molecule has 0 bridgehead atoms. The van der Waals surface area contributed by atoms with Crippen molar-refractivity contribution in [1.82, 2.24) is 24.6 Å². The summed E-state index contributed by atoms with van der Waals surface area (Å²) in [5.41, 5.74) is 9.78. The lowest BCUT2D eigenvalue weighted by atomic mass is 9.92. The molecule has 0 atom stereocenters. The zero-order valence-corrected chi connectivity index (χ0v) is 14.9. The second-order valence-corrected chi connectivity index (χ2v) is 7.17. The molecule has 5 rings (SSSR count). The van der Waals surface area contributed by atoms with Crippen molar-refractivity contribution in [2.75, 3.05) is 5.32 Å². The maximum atomic E-state index is 5.99. The van der Waals surface area contributed by atoms with E-state index in [2.05, 4.69) is 31.4 Å². The second kappa shape index (κ2) is 6.59. The van der Waals surface area contributed by atoms with E-state index >= 15 is 0 Å². The van der Waals surface area contributed by atoms with E-state index in [0.717, 1.165) is 53.4 Å². The van der Waals surface area contributed by atoms with E-state index in [1.165, 1.54) is 0 Å². The lowest BCUT2D eigenvalue weighted by Crippen LogP contribution is -2.33. The molecular weight excluding hydrogens is 338 g/mol. The normalized spacial score (nSPS) is 20.2. The van der Waals surface area contributed by atoms with Gasteiger partial charge in [-0.1, -0.05) is 0 Å². The SMILES string of the molecule is NC1CCC(Nc2ncc3c(-c4cnc5ncccc5c4)ccn3n2)CC1. The highest BCUT2D eigenvalue weighted by Crippen LogP contribution is 2.27. The van der Waals surface area contributed by atoms with Crippen LogP contribution in [0.3, 0.4) is 0 Å². The summed E-state index contributed by atoms with van der Waals surface area (Å²) >= 11 is 0. The van der Waals surface area contributed by atoms with Gasteiger partial charge >= 0.3 is 0 Å². The number of nitrogens with two attached hydrogens (primary N) is 1. The molecule has 0 unspecified atom stereocenters. The predicted octanol–water partition coefficient (Wildman–Crippen LogP) is 3.02. The van der Waals surface area contributed by atoms with E-state index in [1.807, 2.05) is 41.3 Å². The van der Waals surface area contributed by atoms with Gasteiger partial charge in [-0.3, -0.25) is 0 Å². The fourth-order valence-corrected chi connectivity index (χ4v) is 3.77. The Balaban J connectivity index is 1.44. The summed E-state index contributed by atoms with van der Waals surface area (Å²) in [4.78, 5) is 13.3. The molecule has 0 radical (unpaired) electrons. The summed E-state index contributed by atoms with van der Waals surface area (Å²) in [6.45, 7) is 0. The minimum absolute atomic E-state index is 0.337. The third-order valence-electron chi connectivity index (χ3n) is 5.29. The molecule has 3 N–H and O–H groups in total. The van der Waals surface area contributed by atoms with E-state index in [4.69, 9.17) is 5.73 Å². The Morgan fingerprint density at radius 3 is 2.81 bits per heavy atom. The first-order chi connectivity index (χ1) is 13.3. The van der Waals surface area contributed by atoms with Gasteiger partial charge in [0, 0.05) is 47.2 Å². The summed E-state index contributed by atoms with van der Waals surface area (Å²) in [6.07, 6.45) is 11.7. The number of fused-ring (bicyclic) bond motifs is 2. The third kappa shape index (κ3) is 3.10. The quantitative estimate of drug-likeness (QED) is 0.584. The highest BCUT2D eigenvalue weighted by Gasteiger charge is 2.19. The number of nitrogens with zero attached hydrogens (tertiary/aromatic N) is 5. The number of rotatable bonds is 3. The molecule has 0 amide bonds. The first kappa shape index (κ1) is 16.1. The molecule has 4 aromatic heterocycles. The van der Waals surface area contributed by atoms with Crippen LogP contribution >= 0.6 is 0 Å². The van der Waals surface area contributed by atoms with E-state index in [9.17, 15) is 0 Å². The van der Waals surface area contributed by atoms with Gasteiger partial charge in [-0.15, -0.1) is 5.10 Å². The van der Waals surface area contributed by atoms with E-state index < -0.39 is 0 Å². The molecule has 0 aromatic carbocycles. The Labute approximate surface area is 156 Å². The minimum atomic E-state index is 0.337. The molecule has 0 aliphatic heterocycles. The molecule has 4 aromatic rings. The summed E-state index contributed by atoms with van der Waals surface area (Å²) in [7, 11) is 0. The monoisotopic (exact) mass is 359 g/mol. The first-order valence-corrected chi connectivity index (χ1v) is 9.34. The van der Waals surface area contributed by atoms with Crippen LogP contribution in [0.15, 0.2) is 49.1 Å². The van der Waals surface area contributed by atoms with Crippen LogP contribution in [0.1, 0.15) is 25.7 Å². The van der Waals surface area contributed by atoms with Crippen LogP contribution in [0.2, 0.25) is 0 Å². The van der Waals surface area contributed by atoms with Gasteiger partial charge < -0.3 is 11.1 Å². The molecule has 1 aliphatic carbocycles. The molecule has 136 valence electrons. The highest BCUT2D eigenvalue weighted by molar-refractivity contribution is 5.86. The van der Waals surface area contributed by atoms with Crippen molar-refractivity contribution in [2.24, 2.45) is 5.73 Å². The Bertz CT molecular complexity index is 1100. The minimum Gasteiger partial charge on any atom is -0.350 e. The number of hydrogen-bond acceptors (Lipinski definition) is 6. The average molecular weight is 359 g/mol. The van der Waals surface area contributed by atoms with Crippen molar-refractivity contribution in [2.45, 2.75) is 37.8 Å². The Kier molecular flexibility index (Phi) is 3.94. The highest BCUT2D eigenvalue weighted by atomic mass is 15.3. The first-order valence-electron chi connectivity index (χ1n) is 9.34. The zero-order valence-electron chi connectivity index (χ0n) is 14.9. The lowest BCUT2D eigenvalue weighted by molar-refractivity contribution is 0.409. The van der Waals surface area contributed by atoms with Crippen molar-refractivity contribution in [3.05, 3.63) is 49.1 Å². The Hall–Kier alpha value is -3.06. The fraction of sp³-hybridized carbons (Fsp3) is 0.300. The van der Waals surface area contributed by atoms with Gasteiger partial charge in [0.05, 0.1) is 11.7 Å². The van der Waals surface area contributed by atoms with Crippen molar-refractivity contribution >= 4 is 22.5 Å². The second-order valence-electron chi connectivity index (χ2n) is 7.17. The molecule has 1 fully saturated rings. The molecule has 7 heteroatoms. The molecule has 27 heavy (non-hydrogen) atoms. The van der Waals surface area contributed by atoms with Gasteiger partial charge in [-0.25, -0.2) is 19.5 Å². The Morgan fingerprint density at radius 1 is 1.04 bits per heavy atom. The molecule has 0 saturated heterocycles. The molecule has 0 spiro atoms. The maximum absolute atomic E-state index is 5.99. The molecule has 7 nitrogen and oxygen atoms in total. The van der Waals surface area contributed by atoms with Crippen molar-refractivity contribution < 1.29 is 0 Å². The van der Waals surface area contributed by atoms with Crippen LogP contribution in [0.5, 0.6) is 0 Å². The maximum Gasteiger partial charge on any atom is 0.241 e. The average Bonchev–Trinajstić information content (AvgIpc) is 3.12. The third-order valence-corrected chi connectivity index (χ3v) is 5.29. The summed E-state index contributed by atoms with van der Waals surface area (Å²) < 4.78 is 1.87. The van der Waals surface area contributed by atoms with Crippen molar-refractivity contribution in [1.29, 1.82) is 0 Å². The smallest absolute Gasteiger partial charge is 0.241 e. The zero-order chi connectivity index (χ0) is 18.2. The molecule has 1 aliphatic rings. The van der Waals surface area contributed by atoms with Gasteiger partial charge in [0.15, 0.2) is 5.65 Å². The van der Waals surface area contributed by atoms with E-state index in [1.54, 1.807) is 6.20 Å². The molecule has 1 saturated carbocycles. The van der Waals surface area contributed by atoms with Crippen LogP contribution in [0.4, 0.5) is 5.95 Å². The summed E-state index contributed by atoms with van der Waals surface area (Å²) in [5.74, 6) is 0.658. The van der Waals surface area contributed by atoms with Gasteiger partial charge in [0.1, 0.15) is 0 Å². The van der Waals surface area contributed by atoms with Crippen molar-refractivity contribution in [3.63, 3.8) is 0 Å². The lowest BCUT2D eigenvalue weighted by Gasteiger charge is -2.26. The van der Waals surface area contributed by atoms with Crippen LogP contribution in [-0.4, -0.2) is 36.6 Å². The predicted molar refractivity (Wildman–Crippen MR) is 105 cm³/mol. The molecular formula is C20H21N7. The topological polar surface area (TPSA) is 94.0 Å². The fourth-order valence-electron chi connectivity index (χ4n) is 3.77. The number of hydrogen-bond donors (Lipinski definition) is 2. The number of nitrogens with one attached hydrogen (secondary N) is 1. The number of pyridine rings is 2. The number of aromatic nitrogens is 5. The van der Waals surface area contributed by atoms with E-state index in [-0.39, 0.29) is 0 Å². The summed E-state index contributed by atoms with van der Waals surface area (Å²) in [6, 6.07) is 8.82. The van der Waals surface area contributed by atoms with Gasteiger partial charge in [0.2, 0.25) is 5.95 Å².